The zero-order valence-corrected chi connectivity index (χ0v) is 17.5. The number of carbonyl (C=O) groups is 1. The van der Waals surface area contributed by atoms with Crippen LogP contribution in [0.3, 0.4) is 0 Å². The number of benzene rings is 1. The average molecular weight is 398 g/mol. The maximum absolute atomic E-state index is 12.2. The van der Waals surface area contributed by atoms with Crippen molar-refractivity contribution < 1.29 is 4.79 Å². The predicted molar refractivity (Wildman–Crippen MR) is 115 cm³/mol. The quantitative estimate of drug-likeness (QED) is 0.772. The van der Waals surface area contributed by atoms with E-state index in [2.05, 4.69) is 46.1 Å². The van der Waals surface area contributed by atoms with Gasteiger partial charge in [0.25, 0.3) is 5.91 Å². The summed E-state index contributed by atoms with van der Waals surface area (Å²) in [5.41, 5.74) is 3.62. The number of amides is 1. The van der Waals surface area contributed by atoms with Crippen LogP contribution in [0, 0.1) is 0 Å². The lowest BCUT2D eigenvalue weighted by molar-refractivity contribution is 0.0930. The minimum Gasteiger partial charge on any atom is -0.351 e. The van der Waals surface area contributed by atoms with E-state index in [1.165, 1.54) is 6.42 Å². The van der Waals surface area contributed by atoms with E-state index < -0.39 is 0 Å². The summed E-state index contributed by atoms with van der Waals surface area (Å²) in [6, 6.07) is 8.28. The molecule has 2 aliphatic heterocycles. The molecule has 28 heavy (non-hydrogen) atoms. The molecule has 1 fully saturated rings. The van der Waals surface area contributed by atoms with Crippen LogP contribution >= 0.6 is 11.9 Å². The summed E-state index contributed by atoms with van der Waals surface area (Å²) in [4.78, 5) is 21.4. The summed E-state index contributed by atoms with van der Waals surface area (Å²) in [6.45, 7) is 7.09. The Kier molecular flexibility index (Phi) is 5.29. The van der Waals surface area contributed by atoms with Crippen molar-refractivity contribution in [3.8, 4) is 11.3 Å². The van der Waals surface area contributed by atoms with Crippen molar-refractivity contribution in [3.63, 3.8) is 0 Å². The molecule has 1 amide bonds. The molecule has 0 bridgehead atoms. The minimum atomic E-state index is -0.100. The highest BCUT2D eigenvalue weighted by molar-refractivity contribution is 7.96. The molecule has 0 spiro atoms. The summed E-state index contributed by atoms with van der Waals surface area (Å²) in [5, 5.41) is 6.47. The fourth-order valence-electron chi connectivity index (χ4n) is 3.95. The first-order chi connectivity index (χ1) is 13.5. The molecule has 4 rings (SSSR count). The van der Waals surface area contributed by atoms with Gasteiger partial charge in [-0.15, -0.1) is 0 Å². The van der Waals surface area contributed by atoms with E-state index in [4.69, 9.17) is 4.98 Å². The lowest BCUT2D eigenvalue weighted by Gasteiger charge is -2.32. The van der Waals surface area contributed by atoms with Crippen LogP contribution in [-0.4, -0.2) is 52.1 Å². The third-order valence-corrected chi connectivity index (χ3v) is 6.46. The SMILES string of the molecule is CSN1CCCC(Nc2nccc(-c3ccc4c(c3)C(C)(C)CNC4=O)n2)C1. The van der Waals surface area contributed by atoms with Crippen molar-refractivity contribution in [1.29, 1.82) is 0 Å². The van der Waals surface area contributed by atoms with Gasteiger partial charge in [0.15, 0.2) is 0 Å². The highest BCUT2D eigenvalue weighted by Gasteiger charge is 2.31. The zero-order chi connectivity index (χ0) is 19.7. The molecule has 6 nitrogen and oxygen atoms in total. The molecule has 2 N–H and O–H groups in total. The van der Waals surface area contributed by atoms with Crippen LogP contribution in [0.1, 0.15) is 42.6 Å². The number of hydrogen-bond donors (Lipinski definition) is 2. The van der Waals surface area contributed by atoms with Crippen LogP contribution < -0.4 is 10.6 Å². The van der Waals surface area contributed by atoms with E-state index in [1.807, 2.05) is 18.2 Å². The van der Waals surface area contributed by atoms with Gasteiger partial charge in [0, 0.05) is 48.4 Å². The number of nitrogens with one attached hydrogen (secondary N) is 2. The molecule has 2 aromatic rings. The highest BCUT2D eigenvalue weighted by Crippen LogP contribution is 2.33. The Hall–Kier alpha value is -2.12. The molecule has 1 aromatic carbocycles. The van der Waals surface area contributed by atoms with Gasteiger partial charge in [0.05, 0.1) is 5.69 Å². The lowest BCUT2D eigenvalue weighted by Crippen LogP contribution is -2.43. The van der Waals surface area contributed by atoms with E-state index >= 15 is 0 Å². The fraction of sp³-hybridized carbons (Fsp3) is 0.476. The molecule has 2 aliphatic rings. The van der Waals surface area contributed by atoms with Crippen LogP contribution in [0.15, 0.2) is 30.5 Å². The van der Waals surface area contributed by atoms with Crippen LogP contribution in [-0.2, 0) is 5.41 Å². The maximum atomic E-state index is 12.2. The molecule has 3 heterocycles. The first-order valence-electron chi connectivity index (χ1n) is 9.78. The van der Waals surface area contributed by atoms with Crippen molar-refractivity contribution in [3.05, 3.63) is 41.6 Å². The first kappa shape index (κ1) is 19.2. The Balaban J connectivity index is 1.59. The zero-order valence-electron chi connectivity index (χ0n) is 16.7. The second kappa shape index (κ2) is 7.72. The number of carbonyl (C=O) groups excluding carboxylic acids is 1. The van der Waals surface area contributed by atoms with E-state index in [0.29, 0.717) is 18.5 Å². The minimum absolute atomic E-state index is 0.00145. The predicted octanol–water partition coefficient (Wildman–Crippen LogP) is 3.32. The smallest absolute Gasteiger partial charge is 0.251 e. The van der Waals surface area contributed by atoms with Crippen molar-refractivity contribution in [2.45, 2.75) is 38.1 Å². The van der Waals surface area contributed by atoms with E-state index in [0.717, 1.165) is 41.9 Å². The van der Waals surface area contributed by atoms with E-state index in [-0.39, 0.29) is 11.3 Å². The number of aromatic nitrogens is 2. The summed E-state index contributed by atoms with van der Waals surface area (Å²) >= 11 is 1.79. The van der Waals surface area contributed by atoms with Gasteiger partial charge in [-0.1, -0.05) is 31.9 Å². The molecule has 1 atom stereocenters. The third kappa shape index (κ3) is 3.86. The fourth-order valence-corrected chi connectivity index (χ4v) is 4.59. The molecule has 1 unspecified atom stereocenters. The molecule has 0 radical (unpaired) electrons. The number of hydrogen-bond acceptors (Lipinski definition) is 6. The average Bonchev–Trinajstić information content (AvgIpc) is 2.71. The summed E-state index contributed by atoms with van der Waals surface area (Å²) in [7, 11) is 0. The monoisotopic (exact) mass is 397 g/mol. The number of fused-ring (bicyclic) bond motifs is 1. The standard InChI is InChI=1S/C21H27N5OS/c1-21(2)13-23-19(27)16-7-6-14(11-17(16)21)18-8-9-22-20(25-18)24-15-5-4-10-26(12-15)28-3/h6-9,11,15H,4-5,10,12-13H2,1-3H3,(H,23,27)(H,22,24,25). The Labute approximate surface area is 170 Å². The van der Waals surface area contributed by atoms with Gasteiger partial charge in [0.1, 0.15) is 0 Å². The third-order valence-electron chi connectivity index (χ3n) is 5.61. The van der Waals surface area contributed by atoms with Crippen LogP contribution in [0.25, 0.3) is 11.3 Å². The van der Waals surface area contributed by atoms with Gasteiger partial charge in [0.2, 0.25) is 5.95 Å². The summed E-state index contributed by atoms with van der Waals surface area (Å²) in [5.74, 6) is 0.668. The van der Waals surface area contributed by atoms with E-state index in [9.17, 15) is 4.79 Å². The summed E-state index contributed by atoms with van der Waals surface area (Å²) < 4.78 is 2.38. The maximum Gasteiger partial charge on any atom is 0.251 e. The van der Waals surface area contributed by atoms with E-state index in [1.54, 1.807) is 18.1 Å². The lowest BCUT2D eigenvalue weighted by atomic mass is 9.78. The molecule has 7 heteroatoms. The normalized spacial score (nSPS) is 21.7. The Morgan fingerprint density at radius 2 is 2.18 bits per heavy atom. The topological polar surface area (TPSA) is 70.2 Å². The van der Waals surface area contributed by atoms with Gasteiger partial charge in [-0.2, -0.15) is 0 Å². The Bertz CT molecular complexity index is 885. The van der Waals surface area contributed by atoms with Gasteiger partial charge in [-0.25, -0.2) is 14.3 Å². The van der Waals surface area contributed by atoms with Crippen molar-refractivity contribution in [2.24, 2.45) is 0 Å². The molecular formula is C21H27N5OS. The van der Waals surface area contributed by atoms with Gasteiger partial charge in [-0.3, -0.25) is 4.79 Å². The van der Waals surface area contributed by atoms with Crippen molar-refractivity contribution >= 4 is 23.8 Å². The Morgan fingerprint density at radius 3 is 3.00 bits per heavy atom. The summed E-state index contributed by atoms with van der Waals surface area (Å²) in [6.07, 6.45) is 6.24. The van der Waals surface area contributed by atoms with Crippen molar-refractivity contribution in [2.75, 3.05) is 31.2 Å². The number of rotatable bonds is 4. The Morgan fingerprint density at radius 1 is 1.32 bits per heavy atom. The molecule has 1 saturated heterocycles. The molecule has 0 saturated carbocycles. The van der Waals surface area contributed by atoms with Crippen LogP contribution in [0.4, 0.5) is 5.95 Å². The second-order valence-corrected chi connectivity index (χ2v) is 9.03. The first-order valence-corrected chi connectivity index (χ1v) is 11.0. The highest BCUT2D eigenvalue weighted by atomic mass is 32.2. The number of piperidine rings is 1. The second-order valence-electron chi connectivity index (χ2n) is 8.15. The van der Waals surface area contributed by atoms with Crippen LogP contribution in [0.5, 0.6) is 0 Å². The number of anilines is 1. The van der Waals surface area contributed by atoms with Crippen LogP contribution in [0.2, 0.25) is 0 Å². The molecular weight excluding hydrogens is 370 g/mol. The number of nitrogens with zero attached hydrogens (tertiary/aromatic N) is 3. The molecule has 0 aliphatic carbocycles. The molecule has 148 valence electrons. The largest absolute Gasteiger partial charge is 0.351 e. The van der Waals surface area contributed by atoms with Gasteiger partial charge in [-0.05, 0) is 42.9 Å². The molecule has 1 aromatic heterocycles. The van der Waals surface area contributed by atoms with Gasteiger partial charge >= 0.3 is 0 Å². The van der Waals surface area contributed by atoms with Gasteiger partial charge < -0.3 is 10.6 Å². The van der Waals surface area contributed by atoms with Crippen molar-refractivity contribution in [1.82, 2.24) is 19.6 Å².